The van der Waals surface area contributed by atoms with Crippen molar-refractivity contribution >= 4 is 16.9 Å². The lowest BCUT2D eigenvalue weighted by atomic mass is 10.0. The molecule has 0 saturated carbocycles. The summed E-state index contributed by atoms with van der Waals surface area (Å²) in [5.41, 5.74) is 1.09. The van der Waals surface area contributed by atoms with Crippen LogP contribution >= 0.6 is 0 Å². The summed E-state index contributed by atoms with van der Waals surface area (Å²) in [4.78, 5) is 23.6. The van der Waals surface area contributed by atoms with Crippen LogP contribution in [-0.4, -0.2) is 12.5 Å². The highest BCUT2D eigenvalue weighted by molar-refractivity contribution is 5.79. The van der Waals surface area contributed by atoms with Crippen LogP contribution in [0.15, 0.2) is 69.9 Å². The van der Waals surface area contributed by atoms with Gasteiger partial charge in [-0.05, 0) is 30.2 Å². The Kier molecular flexibility index (Phi) is 5.69. The number of nitrogens with one attached hydrogen (secondary N) is 1. The number of carbonyl (C=O) groups excluding carboxylic acids is 1. The second kappa shape index (κ2) is 8.34. The summed E-state index contributed by atoms with van der Waals surface area (Å²) in [5, 5.41) is 3.81. The van der Waals surface area contributed by atoms with Gasteiger partial charge in [-0.3, -0.25) is 4.79 Å². The normalized spacial score (nSPS) is 11.9. The molecule has 1 amide bonds. The zero-order valence-corrected chi connectivity index (χ0v) is 14.6. The molecule has 3 rings (SSSR count). The number of benzene rings is 2. The molecular weight excluding hydrogens is 330 g/mol. The molecule has 0 aliphatic rings. The van der Waals surface area contributed by atoms with Crippen molar-refractivity contribution in [1.82, 2.24) is 5.32 Å². The van der Waals surface area contributed by atoms with E-state index < -0.39 is 5.63 Å². The van der Waals surface area contributed by atoms with Crippen LogP contribution in [0.5, 0.6) is 5.75 Å². The molecule has 0 bridgehead atoms. The van der Waals surface area contributed by atoms with Crippen molar-refractivity contribution in [3.05, 3.63) is 76.6 Å². The first-order chi connectivity index (χ1) is 12.7. The van der Waals surface area contributed by atoms with E-state index in [1.165, 1.54) is 6.07 Å². The van der Waals surface area contributed by atoms with Crippen molar-refractivity contribution in [3.63, 3.8) is 0 Å². The van der Waals surface area contributed by atoms with E-state index in [1.807, 2.05) is 30.3 Å². The number of ether oxygens (including phenoxy) is 1. The smallest absolute Gasteiger partial charge is 0.336 e. The predicted molar refractivity (Wildman–Crippen MR) is 100 cm³/mol. The van der Waals surface area contributed by atoms with Crippen LogP contribution in [0.2, 0.25) is 0 Å². The Hall–Kier alpha value is -3.08. The second-order valence-corrected chi connectivity index (χ2v) is 6.06. The Labute approximate surface area is 151 Å². The van der Waals surface area contributed by atoms with E-state index in [-0.39, 0.29) is 18.6 Å². The Morgan fingerprint density at radius 1 is 1.12 bits per heavy atom. The Morgan fingerprint density at radius 2 is 1.88 bits per heavy atom. The average Bonchev–Trinajstić information content (AvgIpc) is 2.66. The lowest BCUT2D eigenvalue weighted by Crippen LogP contribution is -2.32. The van der Waals surface area contributed by atoms with Gasteiger partial charge in [-0.2, -0.15) is 0 Å². The molecule has 1 N–H and O–H groups in total. The van der Waals surface area contributed by atoms with Crippen molar-refractivity contribution in [3.8, 4) is 5.75 Å². The van der Waals surface area contributed by atoms with Gasteiger partial charge in [0.2, 0.25) is 0 Å². The minimum Gasteiger partial charge on any atom is -0.484 e. The number of hydrogen-bond donors (Lipinski definition) is 1. The van der Waals surface area contributed by atoms with E-state index in [0.717, 1.165) is 23.8 Å². The van der Waals surface area contributed by atoms with Crippen molar-refractivity contribution in [2.75, 3.05) is 6.61 Å². The molecule has 0 saturated heterocycles. The van der Waals surface area contributed by atoms with Crippen LogP contribution in [0.1, 0.15) is 31.4 Å². The minimum absolute atomic E-state index is 0.0353. The van der Waals surface area contributed by atoms with Gasteiger partial charge in [-0.25, -0.2) is 4.79 Å². The zero-order valence-electron chi connectivity index (χ0n) is 14.6. The molecule has 0 unspecified atom stereocenters. The molecule has 1 heterocycles. The summed E-state index contributed by atoms with van der Waals surface area (Å²) >= 11 is 0. The molecule has 134 valence electrons. The summed E-state index contributed by atoms with van der Waals surface area (Å²) in [6, 6.07) is 18.1. The van der Waals surface area contributed by atoms with Gasteiger partial charge in [0.05, 0.1) is 6.04 Å². The fourth-order valence-corrected chi connectivity index (χ4v) is 2.81. The van der Waals surface area contributed by atoms with E-state index in [4.69, 9.17) is 9.15 Å². The molecular formula is C21H21NO4. The molecule has 5 nitrogen and oxygen atoms in total. The number of amides is 1. The second-order valence-electron chi connectivity index (χ2n) is 6.06. The van der Waals surface area contributed by atoms with Gasteiger partial charge >= 0.3 is 5.63 Å². The van der Waals surface area contributed by atoms with Gasteiger partial charge in [0.15, 0.2) is 6.61 Å². The first-order valence-corrected chi connectivity index (χ1v) is 8.66. The average molecular weight is 351 g/mol. The SMILES string of the molecule is CCC[C@@H](NC(=O)COc1ccc2ccc(=O)oc2c1)c1ccccc1. The standard InChI is InChI=1S/C21H21NO4/c1-2-6-18(15-7-4-3-5-8-15)22-20(23)14-25-17-11-9-16-10-12-21(24)26-19(16)13-17/h3-5,7-13,18H,2,6,14H2,1H3,(H,22,23)/t18-/m1/s1. The monoisotopic (exact) mass is 351 g/mol. The maximum absolute atomic E-state index is 12.3. The maximum Gasteiger partial charge on any atom is 0.336 e. The van der Waals surface area contributed by atoms with E-state index in [9.17, 15) is 9.59 Å². The maximum atomic E-state index is 12.3. The van der Waals surface area contributed by atoms with Gasteiger partial charge in [-0.15, -0.1) is 0 Å². The fraction of sp³-hybridized carbons (Fsp3) is 0.238. The van der Waals surface area contributed by atoms with E-state index >= 15 is 0 Å². The van der Waals surface area contributed by atoms with Crippen molar-refractivity contribution in [1.29, 1.82) is 0 Å². The largest absolute Gasteiger partial charge is 0.484 e. The van der Waals surface area contributed by atoms with Gasteiger partial charge in [-0.1, -0.05) is 43.7 Å². The molecule has 26 heavy (non-hydrogen) atoms. The Morgan fingerprint density at radius 3 is 2.65 bits per heavy atom. The van der Waals surface area contributed by atoms with Crippen LogP contribution in [0.3, 0.4) is 0 Å². The third-order valence-electron chi connectivity index (χ3n) is 4.08. The lowest BCUT2D eigenvalue weighted by Gasteiger charge is -2.18. The summed E-state index contributed by atoms with van der Waals surface area (Å²) in [6.07, 6.45) is 1.82. The Balaban J connectivity index is 1.63. The van der Waals surface area contributed by atoms with E-state index in [1.54, 1.807) is 24.3 Å². The zero-order chi connectivity index (χ0) is 18.4. The number of hydrogen-bond acceptors (Lipinski definition) is 4. The highest BCUT2D eigenvalue weighted by Crippen LogP contribution is 2.20. The van der Waals surface area contributed by atoms with Crippen molar-refractivity contribution < 1.29 is 13.9 Å². The third kappa shape index (κ3) is 4.51. The van der Waals surface area contributed by atoms with E-state index in [2.05, 4.69) is 12.2 Å². The fourth-order valence-electron chi connectivity index (χ4n) is 2.81. The first-order valence-electron chi connectivity index (χ1n) is 8.66. The number of rotatable bonds is 7. The molecule has 0 aliphatic carbocycles. The molecule has 3 aromatic rings. The molecule has 1 aromatic heterocycles. The molecule has 0 spiro atoms. The Bertz CT molecular complexity index is 933. The van der Waals surface area contributed by atoms with Crippen LogP contribution in [-0.2, 0) is 4.79 Å². The van der Waals surface area contributed by atoms with Gasteiger partial charge in [0.25, 0.3) is 5.91 Å². The van der Waals surface area contributed by atoms with Crippen LogP contribution < -0.4 is 15.7 Å². The molecule has 0 radical (unpaired) electrons. The summed E-state index contributed by atoms with van der Waals surface area (Å²) in [7, 11) is 0. The quantitative estimate of drug-likeness (QED) is 0.657. The van der Waals surface area contributed by atoms with Crippen molar-refractivity contribution in [2.24, 2.45) is 0 Å². The van der Waals surface area contributed by atoms with Gasteiger partial charge in [0.1, 0.15) is 11.3 Å². The predicted octanol–water partition coefficient (Wildman–Crippen LogP) is 3.83. The summed E-state index contributed by atoms with van der Waals surface area (Å²) in [6.45, 7) is 1.98. The van der Waals surface area contributed by atoms with E-state index in [0.29, 0.717) is 11.3 Å². The van der Waals surface area contributed by atoms with Crippen LogP contribution in [0.4, 0.5) is 0 Å². The van der Waals surface area contributed by atoms with Gasteiger partial charge < -0.3 is 14.5 Å². The highest BCUT2D eigenvalue weighted by Gasteiger charge is 2.14. The molecule has 0 fully saturated rings. The number of carbonyl (C=O) groups is 1. The highest BCUT2D eigenvalue weighted by atomic mass is 16.5. The van der Waals surface area contributed by atoms with Crippen LogP contribution in [0.25, 0.3) is 11.0 Å². The summed E-state index contributed by atoms with van der Waals surface area (Å²) < 4.78 is 10.7. The molecule has 0 aliphatic heterocycles. The minimum atomic E-state index is -0.419. The van der Waals surface area contributed by atoms with Crippen molar-refractivity contribution in [2.45, 2.75) is 25.8 Å². The van der Waals surface area contributed by atoms with Crippen LogP contribution in [0, 0.1) is 0 Å². The molecule has 5 heteroatoms. The first kappa shape index (κ1) is 17.7. The molecule has 1 atom stereocenters. The number of fused-ring (bicyclic) bond motifs is 1. The lowest BCUT2D eigenvalue weighted by molar-refractivity contribution is -0.123. The summed E-state index contributed by atoms with van der Waals surface area (Å²) in [5.74, 6) is 0.288. The molecule has 2 aromatic carbocycles. The van der Waals surface area contributed by atoms with Gasteiger partial charge in [0, 0.05) is 17.5 Å². The topological polar surface area (TPSA) is 68.5 Å². The third-order valence-corrected chi connectivity index (χ3v) is 4.08.